The van der Waals surface area contributed by atoms with Crippen LogP contribution in [0.4, 0.5) is 5.69 Å². The molecular weight excluding hydrogens is 270 g/mol. The van der Waals surface area contributed by atoms with Crippen molar-refractivity contribution in [1.29, 1.82) is 0 Å². The van der Waals surface area contributed by atoms with Crippen molar-refractivity contribution in [2.45, 2.75) is 12.8 Å². The van der Waals surface area contributed by atoms with E-state index in [1.807, 2.05) is 0 Å². The third-order valence-corrected chi connectivity index (χ3v) is 3.65. The number of aromatic carboxylic acids is 1. The number of carbonyl (C=O) groups excluding carboxylic acids is 1. The predicted molar refractivity (Wildman–Crippen MR) is 76.6 cm³/mol. The van der Waals surface area contributed by atoms with Gasteiger partial charge in [-0.1, -0.05) is 6.07 Å². The maximum Gasteiger partial charge on any atom is 0.335 e. The van der Waals surface area contributed by atoms with E-state index in [9.17, 15) is 9.59 Å². The van der Waals surface area contributed by atoms with Crippen LogP contribution >= 0.6 is 0 Å². The fourth-order valence-electron chi connectivity index (χ4n) is 2.61. The van der Waals surface area contributed by atoms with Gasteiger partial charge in [0.05, 0.1) is 17.3 Å². The SMILES string of the molecule is Cn1cc(C(=O)N2CCCc3ccc(C(=O)O)cc32)cn1. The average Bonchev–Trinajstić information content (AvgIpc) is 2.92. The van der Waals surface area contributed by atoms with Crippen LogP contribution in [0.15, 0.2) is 30.6 Å². The minimum Gasteiger partial charge on any atom is -0.478 e. The summed E-state index contributed by atoms with van der Waals surface area (Å²) in [7, 11) is 1.75. The smallest absolute Gasteiger partial charge is 0.335 e. The van der Waals surface area contributed by atoms with Crippen molar-refractivity contribution < 1.29 is 14.7 Å². The maximum atomic E-state index is 12.6. The number of anilines is 1. The average molecular weight is 285 g/mol. The molecule has 0 atom stereocenters. The van der Waals surface area contributed by atoms with Crippen LogP contribution in [0.1, 0.15) is 32.7 Å². The van der Waals surface area contributed by atoms with Crippen LogP contribution in [0.5, 0.6) is 0 Å². The summed E-state index contributed by atoms with van der Waals surface area (Å²) in [5, 5.41) is 13.1. The van der Waals surface area contributed by atoms with E-state index in [0.717, 1.165) is 18.4 Å². The lowest BCUT2D eigenvalue weighted by Gasteiger charge is -2.29. The first-order valence-electron chi connectivity index (χ1n) is 6.73. The summed E-state index contributed by atoms with van der Waals surface area (Å²) in [4.78, 5) is 25.3. The third kappa shape index (κ3) is 2.40. The predicted octanol–water partition coefficient (Wildman–Crippen LogP) is 1.71. The molecule has 1 aliphatic rings. The lowest BCUT2D eigenvalue weighted by molar-refractivity contribution is 0.0696. The number of hydrogen-bond acceptors (Lipinski definition) is 3. The number of benzene rings is 1. The Morgan fingerprint density at radius 3 is 2.76 bits per heavy atom. The highest BCUT2D eigenvalue weighted by molar-refractivity contribution is 6.07. The van der Waals surface area contributed by atoms with Gasteiger partial charge in [-0.15, -0.1) is 0 Å². The van der Waals surface area contributed by atoms with Crippen LogP contribution in [0, 0.1) is 0 Å². The van der Waals surface area contributed by atoms with Gasteiger partial charge in [0, 0.05) is 25.5 Å². The van der Waals surface area contributed by atoms with Crippen LogP contribution in [0.2, 0.25) is 0 Å². The minimum absolute atomic E-state index is 0.147. The quantitative estimate of drug-likeness (QED) is 0.911. The number of aryl methyl sites for hydroxylation is 2. The molecule has 0 saturated carbocycles. The normalized spacial score (nSPS) is 13.9. The molecule has 3 rings (SSSR count). The lowest BCUT2D eigenvalue weighted by Crippen LogP contribution is -2.35. The molecule has 21 heavy (non-hydrogen) atoms. The van der Waals surface area contributed by atoms with Gasteiger partial charge in [-0.3, -0.25) is 9.48 Å². The molecule has 0 radical (unpaired) electrons. The molecule has 2 heterocycles. The van der Waals surface area contributed by atoms with Gasteiger partial charge in [0.2, 0.25) is 0 Å². The van der Waals surface area contributed by atoms with Crippen molar-refractivity contribution in [2.75, 3.05) is 11.4 Å². The number of aromatic nitrogens is 2. The Balaban J connectivity index is 2.01. The third-order valence-electron chi connectivity index (χ3n) is 3.65. The second-order valence-electron chi connectivity index (χ2n) is 5.11. The van der Waals surface area contributed by atoms with E-state index >= 15 is 0 Å². The highest BCUT2D eigenvalue weighted by atomic mass is 16.4. The second-order valence-corrected chi connectivity index (χ2v) is 5.11. The fraction of sp³-hybridized carbons (Fsp3) is 0.267. The van der Waals surface area contributed by atoms with E-state index < -0.39 is 5.97 Å². The molecule has 0 bridgehead atoms. The van der Waals surface area contributed by atoms with Crippen LogP contribution in [-0.2, 0) is 13.5 Å². The van der Waals surface area contributed by atoms with E-state index in [-0.39, 0.29) is 11.5 Å². The molecule has 0 aliphatic carbocycles. The fourth-order valence-corrected chi connectivity index (χ4v) is 2.61. The Hall–Kier alpha value is -2.63. The molecule has 1 amide bonds. The Morgan fingerprint density at radius 1 is 1.29 bits per heavy atom. The monoisotopic (exact) mass is 285 g/mol. The minimum atomic E-state index is -0.989. The van der Waals surface area contributed by atoms with Gasteiger partial charge in [0.15, 0.2) is 0 Å². The van der Waals surface area contributed by atoms with Gasteiger partial charge in [-0.05, 0) is 30.5 Å². The van der Waals surface area contributed by atoms with Crippen LogP contribution in [-0.4, -0.2) is 33.3 Å². The van der Waals surface area contributed by atoms with E-state index in [0.29, 0.717) is 17.8 Å². The maximum absolute atomic E-state index is 12.6. The first kappa shape index (κ1) is 13.4. The van der Waals surface area contributed by atoms with Crippen LogP contribution in [0.25, 0.3) is 0 Å². The van der Waals surface area contributed by atoms with Crippen molar-refractivity contribution in [2.24, 2.45) is 7.05 Å². The summed E-state index contributed by atoms with van der Waals surface area (Å²) >= 11 is 0. The molecule has 1 N–H and O–H groups in total. The Kier molecular flexibility index (Phi) is 3.21. The Labute approximate surface area is 121 Å². The standard InChI is InChI=1S/C15H15N3O3/c1-17-9-12(8-16-17)14(19)18-6-2-3-10-4-5-11(15(20)21)7-13(10)18/h4-5,7-9H,2-3,6H2,1H3,(H,20,21). The second kappa shape index (κ2) is 5.05. The summed E-state index contributed by atoms with van der Waals surface area (Å²) < 4.78 is 1.58. The molecule has 1 aromatic carbocycles. The van der Waals surface area contributed by atoms with Crippen LogP contribution < -0.4 is 4.90 Å². The lowest BCUT2D eigenvalue weighted by atomic mass is 9.99. The Morgan fingerprint density at radius 2 is 2.10 bits per heavy atom. The summed E-state index contributed by atoms with van der Waals surface area (Å²) in [5.41, 5.74) is 2.39. The number of rotatable bonds is 2. The largest absolute Gasteiger partial charge is 0.478 e. The number of carboxylic acids is 1. The molecule has 1 aliphatic heterocycles. The summed E-state index contributed by atoms with van der Waals surface area (Å²) in [5.74, 6) is -1.14. The molecule has 1 aromatic heterocycles. The molecule has 2 aromatic rings. The highest BCUT2D eigenvalue weighted by Gasteiger charge is 2.25. The first-order valence-corrected chi connectivity index (χ1v) is 6.73. The summed E-state index contributed by atoms with van der Waals surface area (Å²) in [6.07, 6.45) is 4.91. The highest BCUT2D eigenvalue weighted by Crippen LogP contribution is 2.29. The summed E-state index contributed by atoms with van der Waals surface area (Å²) in [6, 6.07) is 4.95. The number of fused-ring (bicyclic) bond motifs is 1. The zero-order valence-electron chi connectivity index (χ0n) is 11.6. The molecule has 0 unspecified atom stereocenters. The number of carboxylic acid groups (broad SMARTS) is 1. The van der Waals surface area contributed by atoms with Crippen molar-refractivity contribution in [3.63, 3.8) is 0 Å². The van der Waals surface area contributed by atoms with Crippen molar-refractivity contribution >= 4 is 17.6 Å². The van der Waals surface area contributed by atoms with Gasteiger partial charge in [0.25, 0.3) is 5.91 Å². The Bertz CT molecular complexity index is 721. The molecule has 6 heteroatoms. The van der Waals surface area contributed by atoms with E-state index in [2.05, 4.69) is 5.10 Å². The van der Waals surface area contributed by atoms with Gasteiger partial charge in [0.1, 0.15) is 0 Å². The topological polar surface area (TPSA) is 75.4 Å². The van der Waals surface area contributed by atoms with Crippen molar-refractivity contribution in [1.82, 2.24) is 9.78 Å². The molecule has 108 valence electrons. The van der Waals surface area contributed by atoms with Gasteiger partial charge >= 0.3 is 5.97 Å². The first-order chi connectivity index (χ1) is 10.1. The zero-order chi connectivity index (χ0) is 15.0. The number of hydrogen-bond donors (Lipinski definition) is 1. The molecular formula is C15H15N3O3. The number of nitrogens with zero attached hydrogens (tertiary/aromatic N) is 3. The number of carbonyl (C=O) groups is 2. The van der Waals surface area contributed by atoms with E-state index in [1.165, 1.54) is 6.20 Å². The van der Waals surface area contributed by atoms with E-state index in [4.69, 9.17) is 5.11 Å². The molecule has 6 nitrogen and oxygen atoms in total. The van der Waals surface area contributed by atoms with Gasteiger partial charge in [-0.25, -0.2) is 4.79 Å². The molecule has 0 fully saturated rings. The van der Waals surface area contributed by atoms with Crippen molar-refractivity contribution in [3.8, 4) is 0 Å². The van der Waals surface area contributed by atoms with Crippen LogP contribution in [0.3, 0.4) is 0 Å². The van der Waals surface area contributed by atoms with E-state index in [1.54, 1.807) is 41.0 Å². The van der Waals surface area contributed by atoms with Gasteiger partial charge in [-0.2, -0.15) is 5.10 Å². The summed E-state index contributed by atoms with van der Waals surface area (Å²) in [6.45, 7) is 0.587. The van der Waals surface area contributed by atoms with Crippen molar-refractivity contribution in [3.05, 3.63) is 47.3 Å². The molecule has 0 spiro atoms. The zero-order valence-corrected chi connectivity index (χ0v) is 11.6. The number of amides is 1. The molecule has 0 saturated heterocycles. The van der Waals surface area contributed by atoms with Gasteiger partial charge < -0.3 is 10.0 Å².